The van der Waals surface area contributed by atoms with Gasteiger partial charge in [0, 0.05) is 45.2 Å². The zero-order valence-corrected chi connectivity index (χ0v) is 19.9. The quantitative estimate of drug-likeness (QED) is 0.458. The first-order chi connectivity index (χ1) is 14.9. The van der Waals surface area contributed by atoms with Crippen molar-refractivity contribution in [1.29, 1.82) is 0 Å². The zero-order valence-electron chi connectivity index (χ0n) is 19.9. The molecule has 2 aliphatic rings. The normalized spacial score (nSPS) is 23.8. The van der Waals surface area contributed by atoms with E-state index in [1.807, 2.05) is 0 Å². The highest BCUT2D eigenvalue weighted by molar-refractivity contribution is 5.79. The molecule has 0 radical (unpaired) electrons. The number of nitrogens with zero attached hydrogens (tertiary/aromatic N) is 2. The number of guanidine groups is 1. The van der Waals surface area contributed by atoms with E-state index in [1.165, 1.54) is 17.5 Å². The first-order valence-corrected chi connectivity index (χ1v) is 12.0. The fourth-order valence-electron chi connectivity index (χ4n) is 4.84. The summed E-state index contributed by atoms with van der Waals surface area (Å²) in [6.45, 7) is 14.3. The molecule has 31 heavy (non-hydrogen) atoms. The molecule has 2 heterocycles. The summed E-state index contributed by atoms with van der Waals surface area (Å²) in [5, 5.41) is 17.4. The van der Waals surface area contributed by atoms with E-state index in [9.17, 15) is 5.11 Å². The number of fused-ring (bicyclic) bond motifs is 1. The molecule has 1 aromatic carbocycles. The Kier molecular flexibility index (Phi) is 8.76. The molecule has 2 aliphatic heterocycles. The molecule has 1 fully saturated rings. The minimum Gasteiger partial charge on any atom is -0.390 e. The third-order valence-electron chi connectivity index (χ3n) is 6.31. The van der Waals surface area contributed by atoms with E-state index in [-0.39, 0.29) is 11.5 Å². The van der Waals surface area contributed by atoms with Crippen LogP contribution in [0.15, 0.2) is 29.3 Å². The maximum atomic E-state index is 10.6. The van der Waals surface area contributed by atoms with Gasteiger partial charge in [-0.05, 0) is 42.7 Å². The van der Waals surface area contributed by atoms with E-state index in [4.69, 9.17) is 4.74 Å². The number of ether oxygens (including phenoxy) is 1. The monoisotopic (exact) mass is 430 g/mol. The summed E-state index contributed by atoms with van der Waals surface area (Å²) in [5.74, 6) is 1.25. The maximum absolute atomic E-state index is 10.6. The maximum Gasteiger partial charge on any atom is 0.191 e. The van der Waals surface area contributed by atoms with Gasteiger partial charge in [0.1, 0.15) is 0 Å². The van der Waals surface area contributed by atoms with Crippen LogP contribution in [0.1, 0.15) is 51.7 Å². The average molecular weight is 431 g/mol. The summed E-state index contributed by atoms with van der Waals surface area (Å²) in [6, 6.07) is 8.61. The topological polar surface area (TPSA) is 69.1 Å². The molecule has 3 rings (SSSR count). The molecule has 0 bridgehead atoms. The van der Waals surface area contributed by atoms with E-state index in [1.54, 1.807) is 0 Å². The Morgan fingerprint density at radius 3 is 2.77 bits per heavy atom. The van der Waals surface area contributed by atoms with Gasteiger partial charge < -0.3 is 20.5 Å². The number of rotatable bonds is 7. The first kappa shape index (κ1) is 24.0. The second-order valence-electron chi connectivity index (χ2n) is 10.1. The zero-order chi connectivity index (χ0) is 22.3. The van der Waals surface area contributed by atoms with Crippen molar-refractivity contribution in [2.75, 3.05) is 39.3 Å². The molecule has 1 saturated heterocycles. The van der Waals surface area contributed by atoms with Crippen LogP contribution in [-0.4, -0.2) is 67.5 Å². The number of aliphatic hydroxyl groups excluding tert-OH is 1. The third-order valence-corrected chi connectivity index (χ3v) is 6.31. The Morgan fingerprint density at radius 2 is 2.03 bits per heavy atom. The number of hydrogen-bond acceptors (Lipinski definition) is 4. The molecule has 0 amide bonds. The van der Waals surface area contributed by atoms with Gasteiger partial charge >= 0.3 is 0 Å². The van der Waals surface area contributed by atoms with Crippen LogP contribution in [0.4, 0.5) is 0 Å². The van der Waals surface area contributed by atoms with Crippen LogP contribution in [0.3, 0.4) is 0 Å². The highest BCUT2D eigenvalue weighted by atomic mass is 16.5. The van der Waals surface area contributed by atoms with Crippen LogP contribution in [0.25, 0.3) is 0 Å². The Labute approximate surface area is 188 Å². The molecule has 6 nitrogen and oxygen atoms in total. The van der Waals surface area contributed by atoms with Gasteiger partial charge in [0.05, 0.1) is 18.8 Å². The van der Waals surface area contributed by atoms with E-state index in [2.05, 4.69) is 72.5 Å². The van der Waals surface area contributed by atoms with Crippen LogP contribution in [0.5, 0.6) is 0 Å². The summed E-state index contributed by atoms with van der Waals surface area (Å²) in [7, 11) is 0. The first-order valence-electron chi connectivity index (χ1n) is 12.0. The largest absolute Gasteiger partial charge is 0.390 e. The smallest absolute Gasteiger partial charge is 0.191 e. The van der Waals surface area contributed by atoms with Crippen molar-refractivity contribution >= 4 is 5.96 Å². The van der Waals surface area contributed by atoms with Crippen LogP contribution < -0.4 is 10.6 Å². The molecular formula is C25H42N4O2. The van der Waals surface area contributed by atoms with E-state index < -0.39 is 6.10 Å². The van der Waals surface area contributed by atoms with E-state index >= 15 is 0 Å². The highest BCUT2D eigenvalue weighted by Gasteiger charge is 2.35. The van der Waals surface area contributed by atoms with Gasteiger partial charge in [-0.25, -0.2) is 0 Å². The lowest BCUT2D eigenvalue weighted by Crippen LogP contribution is -2.47. The molecule has 0 spiro atoms. The van der Waals surface area contributed by atoms with Crippen molar-refractivity contribution in [3.05, 3.63) is 35.4 Å². The van der Waals surface area contributed by atoms with Gasteiger partial charge in [0.2, 0.25) is 0 Å². The Hall–Kier alpha value is -1.63. The summed E-state index contributed by atoms with van der Waals surface area (Å²) in [4.78, 5) is 7.00. The molecule has 0 saturated carbocycles. The van der Waals surface area contributed by atoms with Gasteiger partial charge in [0.25, 0.3) is 0 Å². The van der Waals surface area contributed by atoms with Crippen molar-refractivity contribution in [3.8, 4) is 0 Å². The number of benzene rings is 1. The Morgan fingerprint density at radius 1 is 1.26 bits per heavy atom. The summed E-state index contributed by atoms with van der Waals surface area (Å²) in [5.41, 5.74) is 2.94. The number of hydrogen-bond donors (Lipinski definition) is 3. The van der Waals surface area contributed by atoms with E-state index in [0.29, 0.717) is 19.0 Å². The van der Waals surface area contributed by atoms with Gasteiger partial charge in [-0.2, -0.15) is 0 Å². The number of aliphatic hydroxyl groups is 1. The van der Waals surface area contributed by atoms with Crippen molar-refractivity contribution in [3.63, 3.8) is 0 Å². The predicted molar refractivity (Wildman–Crippen MR) is 127 cm³/mol. The SMILES string of the molecule is CCNC(=NCC(O)CN1CCc2ccccc2C1)NCC1CCCOC1C(C)(C)C. The summed E-state index contributed by atoms with van der Waals surface area (Å²) >= 11 is 0. The average Bonchev–Trinajstić information content (AvgIpc) is 2.75. The molecule has 0 aliphatic carbocycles. The lowest BCUT2D eigenvalue weighted by atomic mass is 9.78. The molecule has 3 N–H and O–H groups in total. The van der Waals surface area contributed by atoms with Gasteiger partial charge in [-0.1, -0.05) is 45.0 Å². The highest BCUT2D eigenvalue weighted by Crippen LogP contribution is 2.33. The Balaban J connectivity index is 1.49. The van der Waals surface area contributed by atoms with Crippen molar-refractivity contribution in [2.45, 2.75) is 65.7 Å². The van der Waals surface area contributed by atoms with Gasteiger partial charge in [-0.3, -0.25) is 9.89 Å². The fourth-order valence-corrected chi connectivity index (χ4v) is 4.84. The van der Waals surface area contributed by atoms with Gasteiger partial charge in [-0.15, -0.1) is 0 Å². The fraction of sp³-hybridized carbons (Fsp3) is 0.720. The summed E-state index contributed by atoms with van der Waals surface area (Å²) in [6.07, 6.45) is 3.12. The van der Waals surface area contributed by atoms with Gasteiger partial charge in [0.15, 0.2) is 5.96 Å². The lowest BCUT2D eigenvalue weighted by Gasteiger charge is -2.40. The molecule has 6 heteroatoms. The predicted octanol–water partition coefficient (Wildman–Crippen LogP) is 2.80. The van der Waals surface area contributed by atoms with Crippen LogP contribution in [0, 0.1) is 11.3 Å². The molecule has 1 aromatic rings. The molecule has 3 unspecified atom stereocenters. The Bertz CT molecular complexity index is 716. The lowest BCUT2D eigenvalue weighted by molar-refractivity contribution is -0.0835. The molecular weight excluding hydrogens is 388 g/mol. The minimum atomic E-state index is -0.471. The second kappa shape index (κ2) is 11.3. The van der Waals surface area contributed by atoms with Crippen molar-refractivity contribution in [1.82, 2.24) is 15.5 Å². The van der Waals surface area contributed by atoms with Crippen LogP contribution >= 0.6 is 0 Å². The minimum absolute atomic E-state index is 0.130. The van der Waals surface area contributed by atoms with Crippen LogP contribution in [-0.2, 0) is 17.7 Å². The number of β-amino-alcohol motifs (C(OH)–C–C–N with tert-alkyl or cyclic N) is 1. The van der Waals surface area contributed by atoms with Crippen molar-refractivity contribution < 1.29 is 9.84 Å². The molecule has 0 aromatic heterocycles. The number of nitrogens with one attached hydrogen (secondary N) is 2. The number of aliphatic imine (C=N–C) groups is 1. The standard InChI is InChI=1S/C25H42N4O2/c1-5-26-24(27-15-20-11-8-14-31-23(20)25(2,3)4)28-16-22(30)18-29-13-12-19-9-6-7-10-21(19)17-29/h6-7,9-10,20,22-23,30H,5,8,11-18H2,1-4H3,(H2,26,27,28). The molecule has 3 atom stereocenters. The summed E-state index contributed by atoms with van der Waals surface area (Å²) < 4.78 is 6.11. The van der Waals surface area contributed by atoms with Crippen molar-refractivity contribution in [2.24, 2.45) is 16.3 Å². The third kappa shape index (κ3) is 7.19. The second-order valence-corrected chi connectivity index (χ2v) is 10.1. The van der Waals surface area contributed by atoms with Crippen LogP contribution in [0.2, 0.25) is 0 Å². The molecule has 174 valence electrons. The van der Waals surface area contributed by atoms with E-state index in [0.717, 1.165) is 51.6 Å².